The van der Waals surface area contributed by atoms with Crippen molar-refractivity contribution < 1.29 is 14.0 Å². The zero-order valence-electron chi connectivity index (χ0n) is 22.1. The molecule has 1 N–H and O–H groups in total. The van der Waals surface area contributed by atoms with Crippen molar-refractivity contribution in [2.75, 3.05) is 11.4 Å². The molecule has 0 spiro atoms. The minimum Gasteiger partial charge on any atom is -0.314 e. The first kappa shape index (κ1) is 25.0. The van der Waals surface area contributed by atoms with Gasteiger partial charge in [-0.15, -0.1) is 0 Å². The zero-order chi connectivity index (χ0) is 27.1. The monoisotopic (exact) mass is 523 g/mol. The van der Waals surface area contributed by atoms with Crippen molar-refractivity contribution in [1.82, 2.24) is 19.8 Å². The first-order chi connectivity index (χ1) is 18.9. The van der Waals surface area contributed by atoms with Crippen LogP contribution in [0.3, 0.4) is 0 Å². The number of benzene rings is 3. The van der Waals surface area contributed by atoms with Crippen LogP contribution in [-0.2, 0) is 37.9 Å². The van der Waals surface area contributed by atoms with Crippen LogP contribution in [0, 0.1) is 12.7 Å². The van der Waals surface area contributed by atoms with E-state index in [2.05, 4.69) is 57.7 Å². The minimum atomic E-state index is -0.416. The van der Waals surface area contributed by atoms with E-state index in [1.54, 1.807) is 17.2 Å². The lowest BCUT2D eigenvalue weighted by Crippen LogP contribution is -2.50. The van der Waals surface area contributed by atoms with E-state index in [1.807, 2.05) is 24.6 Å². The van der Waals surface area contributed by atoms with Crippen LogP contribution in [0.1, 0.15) is 39.8 Å². The number of aryl methyl sites for hydroxylation is 1. The Labute approximate surface area is 226 Å². The fraction of sp³-hybridized carbons (Fsp3) is 0.258. The molecule has 2 aliphatic heterocycles. The first-order valence-corrected chi connectivity index (χ1v) is 13.1. The van der Waals surface area contributed by atoms with Gasteiger partial charge in [-0.2, -0.15) is 0 Å². The average molecular weight is 524 g/mol. The second-order valence-electron chi connectivity index (χ2n) is 10.4. The average Bonchev–Trinajstić information content (AvgIpc) is 3.49. The molecule has 8 heteroatoms. The number of halogens is 1. The molecular formula is C31H30FN5O2. The second kappa shape index (κ2) is 10.1. The highest BCUT2D eigenvalue weighted by Crippen LogP contribution is 2.31. The van der Waals surface area contributed by atoms with Crippen molar-refractivity contribution in [2.24, 2.45) is 7.05 Å². The Balaban J connectivity index is 1.12. The maximum absolute atomic E-state index is 14.2. The number of nitrogens with zero attached hydrogens (tertiary/aromatic N) is 4. The van der Waals surface area contributed by atoms with Crippen LogP contribution in [0.25, 0.3) is 11.4 Å². The molecule has 1 aromatic heterocycles. The smallest absolute Gasteiger partial charge is 0.314 e. The van der Waals surface area contributed by atoms with Crippen molar-refractivity contribution in [3.63, 3.8) is 0 Å². The van der Waals surface area contributed by atoms with Crippen LogP contribution in [0.4, 0.5) is 15.0 Å². The highest BCUT2D eigenvalue weighted by atomic mass is 19.1. The van der Waals surface area contributed by atoms with Gasteiger partial charge < -0.3 is 4.57 Å². The summed E-state index contributed by atoms with van der Waals surface area (Å²) in [5.41, 5.74) is 7.62. The number of hydrogen-bond donors (Lipinski definition) is 1. The lowest BCUT2D eigenvalue weighted by molar-refractivity contribution is -0.120. The summed E-state index contributed by atoms with van der Waals surface area (Å²) in [6.45, 7) is 4.84. The van der Waals surface area contributed by atoms with Crippen LogP contribution in [-0.4, -0.2) is 32.9 Å². The molecule has 7 nitrogen and oxygen atoms in total. The lowest BCUT2D eigenvalue weighted by atomic mass is 9.99. The Bertz CT molecular complexity index is 1560. The first-order valence-electron chi connectivity index (χ1n) is 13.1. The number of carbonyl (C=O) groups excluding carboxylic acids is 2. The van der Waals surface area contributed by atoms with Gasteiger partial charge in [0.25, 0.3) is 0 Å². The van der Waals surface area contributed by atoms with E-state index in [0.29, 0.717) is 18.8 Å². The summed E-state index contributed by atoms with van der Waals surface area (Å²) in [6.07, 6.45) is 2.54. The molecule has 1 saturated heterocycles. The van der Waals surface area contributed by atoms with E-state index >= 15 is 0 Å². The Morgan fingerprint density at radius 2 is 1.74 bits per heavy atom. The van der Waals surface area contributed by atoms with Gasteiger partial charge in [-0.05, 0) is 52.4 Å². The Hall–Kier alpha value is -4.30. The maximum Gasteiger partial charge on any atom is 0.329 e. The zero-order valence-corrected chi connectivity index (χ0v) is 22.1. The van der Waals surface area contributed by atoms with E-state index in [9.17, 15) is 14.0 Å². The van der Waals surface area contributed by atoms with E-state index in [4.69, 9.17) is 0 Å². The molecule has 6 rings (SSSR count). The van der Waals surface area contributed by atoms with Crippen molar-refractivity contribution in [3.05, 3.63) is 106 Å². The molecule has 0 bridgehead atoms. The van der Waals surface area contributed by atoms with Gasteiger partial charge in [0.2, 0.25) is 5.91 Å². The Kier molecular flexibility index (Phi) is 6.48. The molecule has 4 aromatic rings. The van der Waals surface area contributed by atoms with E-state index in [0.717, 1.165) is 47.7 Å². The van der Waals surface area contributed by atoms with Crippen LogP contribution < -0.4 is 10.2 Å². The summed E-state index contributed by atoms with van der Waals surface area (Å²) < 4.78 is 16.1. The van der Waals surface area contributed by atoms with Gasteiger partial charge in [0.05, 0.1) is 6.20 Å². The van der Waals surface area contributed by atoms with E-state index < -0.39 is 6.03 Å². The molecule has 3 amide bonds. The molecule has 1 fully saturated rings. The minimum absolute atomic E-state index is 0.150. The number of nitrogens with one attached hydrogen (secondary N) is 1. The SMILES string of the molecule is Cc1cccc(F)c1Cc1ccc(CN2Cc3ccc(-c4ncc(N5CCC(=O)NC5=O)n4C)cc3C2)cc1. The van der Waals surface area contributed by atoms with Crippen LogP contribution in [0.5, 0.6) is 0 Å². The molecule has 39 heavy (non-hydrogen) atoms. The quantitative estimate of drug-likeness (QED) is 0.382. The summed E-state index contributed by atoms with van der Waals surface area (Å²) in [4.78, 5) is 32.4. The van der Waals surface area contributed by atoms with Crippen LogP contribution in [0.2, 0.25) is 0 Å². The number of rotatable bonds is 6. The summed E-state index contributed by atoms with van der Waals surface area (Å²) in [7, 11) is 1.89. The lowest BCUT2D eigenvalue weighted by Gasteiger charge is -2.26. The summed E-state index contributed by atoms with van der Waals surface area (Å²) in [5, 5.41) is 2.37. The number of amides is 3. The van der Waals surface area contributed by atoms with Crippen LogP contribution in [0.15, 0.2) is 66.9 Å². The number of urea groups is 1. The van der Waals surface area contributed by atoms with Gasteiger partial charge in [0.15, 0.2) is 0 Å². The third kappa shape index (κ3) is 4.95. The van der Waals surface area contributed by atoms with Crippen molar-refractivity contribution in [2.45, 2.75) is 39.4 Å². The Morgan fingerprint density at radius 1 is 0.974 bits per heavy atom. The molecule has 0 atom stereocenters. The van der Waals surface area contributed by atoms with Gasteiger partial charge in [-0.3, -0.25) is 19.9 Å². The molecule has 2 aliphatic rings. The number of anilines is 1. The predicted molar refractivity (Wildman–Crippen MR) is 147 cm³/mol. The molecule has 3 heterocycles. The predicted octanol–water partition coefficient (Wildman–Crippen LogP) is 5.09. The Morgan fingerprint density at radius 3 is 2.51 bits per heavy atom. The maximum atomic E-state index is 14.2. The number of hydrogen-bond acceptors (Lipinski definition) is 4. The summed E-state index contributed by atoms with van der Waals surface area (Å²) in [5.74, 6) is 1.03. The molecular weight excluding hydrogens is 493 g/mol. The van der Waals surface area contributed by atoms with Gasteiger partial charge in [0.1, 0.15) is 17.5 Å². The number of imidazole rings is 1. The standard InChI is InChI=1S/C31H30FN5O2/c1-20-4-3-5-27(32)26(20)14-21-6-8-22(9-7-21)17-36-18-24-11-10-23(15-25(24)19-36)30-33-16-29(35(30)2)37-13-12-28(38)34-31(37)39/h3-11,15-16H,12-14,17-19H2,1-2H3,(H,34,38,39). The fourth-order valence-electron chi connectivity index (χ4n) is 5.53. The van der Waals surface area contributed by atoms with Gasteiger partial charge in [0, 0.05) is 51.6 Å². The van der Waals surface area contributed by atoms with Gasteiger partial charge >= 0.3 is 6.03 Å². The van der Waals surface area contributed by atoms with Gasteiger partial charge in [-0.1, -0.05) is 48.5 Å². The van der Waals surface area contributed by atoms with Crippen LogP contribution >= 0.6 is 0 Å². The third-order valence-corrected chi connectivity index (χ3v) is 7.71. The molecule has 3 aromatic carbocycles. The van der Waals surface area contributed by atoms with E-state index in [-0.39, 0.29) is 18.1 Å². The van der Waals surface area contributed by atoms with E-state index in [1.165, 1.54) is 22.8 Å². The molecule has 0 radical (unpaired) electrons. The summed E-state index contributed by atoms with van der Waals surface area (Å²) in [6, 6.07) is 19.7. The number of carbonyl (C=O) groups is 2. The largest absolute Gasteiger partial charge is 0.329 e. The van der Waals surface area contributed by atoms with Crippen molar-refractivity contribution >= 4 is 17.8 Å². The highest BCUT2D eigenvalue weighted by Gasteiger charge is 2.27. The van der Waals surface area contributed by atoms with Crippen molar-refractivity contribution in [1.29, 1.82) is 0 Å². The molecule has 0 aliphatic carbocycles. The topological polar surface area (TPSA) is 70.5 Å². The highest BCUT2D eigenvalue weighted by molar-refractivity contribution is 6.05. The fourth-order valence-corrected chi connectivity index (χ4v) is 5.53. The molecule has 0 saturated carbocycles. The van der Waals surface area contributed by atoms with Crippen molar-refractivity contribution in [3.8, 4) is 11.4 Å². The number of aromatic nitrogens is 2. The van der Waals surface area contributed by atoms with Gasteiger partial charge in [-0.25, -0.2) is 14.2 Å². The number of imide groups is 1. The molecule has 0 unspecified atom stereocenters. The third-order valence-electron chi connectivity index (χ3n) is 7.71. The second-order valence-corrected chi connectivity index (χ2v) is 10.4. The normalized spacial score (nSPS) is 15.5. The summed E-state index contributed by atoms with van der Waals surface area (Å²) >= 11 is 0. The molecule has 198 valence electrons. The number of fused-ring (bicyclic) bond motifs is 1.